The summed E-state index contributed by atoms with van der Waals surface area (Å²) in [5.41, 5.74) is 2.95. The van der Waals surface area contributed by atoms with E-state index in [1.807, 2.05) is 48.5 Å². The van der Waals surface area contributed by atoms with Crippen LogP contribution in [0.25, 0.3) is 0 Å². The first-order valence-electron chi connectivity index (χ1n) is 11.9. The van der Waals surface area contributed by atoms with Crippen LogP contribution in [0, 0.1) is 5.82 Å². The number of halogens is 1. The van der Waals surface area contributed by atoms with E-state index in [4.69, 9.17) is 9.73 Å². The molecule has 1 unspecified atom stereocenters. The summed E-state index contributed by atoms with van der Waals surface area (Å²) in [5, 5.41) is 3.35. The summed E-state index contributed by atoms with van der Waals surface area (Å²) < 4.78 is 19.3. The largest absolute Gasteiger partial charge is 0.497 e. The van der Waals surface area contributed by atoms with Gasteiger partial charge >= 0.3 is 0 Å². The van der Waals surface area contributed by atoms with E-state index in [0.717, 1.165) is 16.9 Å². The third-order valence-corrected chi connectivity index (χ3v) is 7.14. The maximum Gasteiger partial charge on any atom is 0.259 e. The number of amidine groups is 2. The van der Waals surface area contributed by atoms with Crippen molar-refractivity contribution in [2.45, 2.75) is 31.2 Å². The molecule has 5 rings (SSSR count). The van der Waals surface area contributed by atoms with E-state index in [-0.39, 0.29) is 30.5 Å². The van der Waals surface area contributed by atoms with Gasteiger partial charge in [0.05, 0.1) is 12.8 Å². The highest BCUT2D eigenvalue weighted by Gasteiger charge is 2.41. The Morgan fingerprint density at radius 2 is 1.84 bits per heavy atom. The number of carbonyl (C=O) groups is 2. The van der Waals surface area contributed by atoms with Crippen molar-refractivity contribution in [3.63, 3.8) is 0 Å². The van der Waals surface area contributed by atoms with Gasteiger partial charge in [-0.2, -0.15) is 0 Å². The molecular formula is C28H25FN4O3S. The van der Waals surface area contributed by atoms with Gasteiger partial charge in [-0.3, -0.25) is 14.6 Å². The van der Waals surface area contributed by atoms with Gasteiger partial charge in [0.2, 0.25) is 5.91 Å². The predicted molar refractivity (Wildman–Crippen MR) is 142 cm³/mol. The average Bonchev–Trinajstić information content (AvgIpc) is 3.27. The molecule has 188 valence electrons. The van der Waals surface area contributed by atoms with Crippen molar-refractivity contribution >= 4 is 40.3 Å². The van der Waals surface area contributed by atoms with Crippen LogP contribution in [0.3, 0.4) is 0 Å². The van der Waals surface area contributed by atoms with E-state index >= 15 is 0 Å². The normalized spacial score (nSPS) is 16.0. The van der Waals surface area contributed by atoms with Crippen molar-refractivity contribution in [3.05, 3.63) is 95.3 Å². The minimum Gasteiger partial charge on any atom is -0.497 e. The lowest BCUT2D eigenvalue weighted by atomic mass is 10.1. The lowest BCUT2D eigenvalue weighted by Crippen LogP contribution is -2.41. The number of para-hydroxylation sites is 1. The molecule has 0 aliphatic carbocycles. The Hall–Kier alpha value is -3.98. The number of methoxy groups -OCH3 is 1. The van der Waals surface area contributed by atoms with E-state index in [1.54, 1.807) is 25.3 Å². The third kappa shape index (κ3) is 5.41. The summed E-state index contributed by atoms with van der Waals surface area (Å²) in [7, 11) is 1.60. The van der Waals surface area contributed by atoms with Gasteiger partial charge in [0.15, 0.2) is 5.17 Å². The number of amides is 2. The quantitative estimate of drug-likeness (QED) is 0.465. The van der Waals surface area contributed by atoms with Crippen LogP contribution in [0.4, 0.5) is 10.1 Å². The van der Waals surface area contributed by atoms with Crippen LogP contribution in [0.15, 0.2) is 82.8 Å². The van der Waals surface area contributed by atoms with Gasteiger partial charge in [0, 0.05) is 24.3 Å². The van der Waals surface area contributed by atoms with Crippen LogP contribution < -0.4 is 10.1 Å². The SMILES string of the molecule is COc1ccc(CNC(=O)CCC2N=C3c4ccccc4N=C(SCc4ccccc4F)N3C2=O)cc1. The van der Waals surface area contributed by atoms with Gasteiger partial charge in [0.25, 0.3) is 5.91 Å². The van der Waals surface area contributed by atoms with Crippen LogP contribution in [0.2, 0.25) is 0 Å². The first kappa shape index (κ1) is 24.7. The summed E-state index contributed by atoms with van der Waals surface area (Å²) in [5.74, 6) is 0.914. The van der Waals surface area contributed by atoms with Crippen molar-refractivity contribution in [1.82, 2.24) is 10.2 Å². The molecule has 2 heterocycles. The second-order valence-electron chi connectivity index (χ2n) is 8.60. The number of hydrogen-bond donors (Lipinski definition) is 1. The number of fused-ring (bicyclic) bond motifs is 3. The summed E-state index contributed by atoms with van der Waals surface area (Å²) in [6.45, 7) is 0.388. The molecule has 0 radical (unpaired) electrons. The number of rotatable bonds is 8. The minimum absolute atomic E-state index is 0.156. The molecule has 3 aromatic rings. The van der Waals surface area contributed by atoms with Gasteiger partial charge in [-0.1, -0.05) is 54.2 Å². The zero-order valence-corrected chi connectivity index (χ0v) is 21.0. The average molecular weight is 517 g/mol. The van der Waals surface area contributed by atoms with Gasteiger partial charge in [-0.15, -0.1) is 0 Å². The van der Waals surface area contributed by atoms with Crippen molar-refractivity contribution in [1.29, 1.82) is 0 Å². The maximum absolute atomic E-state index is 14.2. The Labute approximate surface area is 218 Å². The number of thioether (sulfide) groups is 1. The lowest BCUT2D eigenvalue weighted by Gasteiger charge is -2.25. The Kier molecular flexibility index (Phi) is 7.32. The van der Waals surface area contributed by atoms with Crippen LogP contribution in [0.5, 0.6) is 5.75 Å². The minimum atomic E-state index is -0.688. The number of ether oxygens (including phenoxy) is 1. The van der Waals surface area contributed by atoms with Gasteiger partial charge in [-0.05, 0) is 47.9 Å². The number of nitrogens with zero attached hydrogens (tertiary/aromatic N) is 3. The smallest absolute Gasteiger partial charge is 0.259 e. The molecule has 2 aliphatic heterocycles. The number of aliphatic imine (C=N–C) groups is 2. The number of hydrogen-bond acceptors (Lipinski definition) is 6. The Bertz CT molecular complexity index is 1390. The molecule has 2 aliphatic rings. The molecule has 1 atom stereocenters. The maximum atomic E-state index is 14.2. The van der Waals surface area contributed by atoms with Crippen molar-refractivity contribution < 1.29 is 18.7 Å². The van der Waals surface area contributed by atoms with Crippen LogP contribution in [-0.4, -0.2) is 40.9 Å². The Morgan fingerprint density at radius 1 is 1.08 bits per heavy atom. The number of benzene rings is 3. The molecule has 0 saturated carbocycles. The summed E-state index contributed by atoms with van der Waals surface area (Å²) in [4.78, 5) is 36.8. The molecule has 7 nitrogen and oxygen atoms in total. The second-order valence-corrected chi connectivity index (χ2v) is 9.54. The fourth-order valence-electron chi connectivity index (χ4n) is 4.14. The third-order valence-electron chi connectivity index (χ3n) is 6.16. The second kappa shape index (κ2) is 11.0. The standard InChI is InChI=1S/C28H25FN4O3S/c1-36-20-12-10-18(11-13-20)16-30-25(34)15-14-24-27(35)33-26(31-24)21-7-3-5-9-23(21)32-28(33)37-17-19-6-2-4-8-22(19)29/h2-13,24H,14-17H2,1H3,(H,30,34). The molecule has 0 saturated heterocycles. The number of carbonyl (C=O) groups excluding carboxylic acids is 2. The number of nitrogens with one attached hydrogen (secondary N) is 1. The van der Waals surface area contributed by atoms with Gasteiger partial charge < -0.3 is 10.1 Å². The zero-order chi connectivity index (χ0) is 25.8. The van der Waals surface area contributed by atoms with Crippen LogP contribution >= 0.6 is 11.8 Å². The summed E-state index contributed by atoms with van der Waals surface area (Å²) >= 11 is 1.29. The highest BCUT2D eigenvalue weighted by atomic mass is 32.2. The van der Waals surface area contributed by atoms with E-state index < -0.39 is 6.04 Å². The van der Waals surface area contributed by atoms with Crippen LogP contribution in [0.1, 0.15) is 29.5 Å². The highest BCUT2D eigenvalue weighted by Crippen LogP contribution is 2.35. The predicted octanol–water partition coefficient (Wildman–Crippen LogP) is 4.82. The molecule has 3 aromatic carbocycles. The molecule has 9 heteroatoms. The molecule has 0 bridgehead atoms. The fraction of sp³-hybridized carbons (Fsp3) is 0.214. The van der Waals surface area contributed by atoms with E-state index in [2.05, 4.69) is 10.3 Å². The monoisotopic (exact) mass is 516 g/mol. The molecule has 37 heavy (non-hydrogen) atoms. The first-order valence-corrected chi connectivity index (χ1v) is 12.9. The zero-order valence-electron chi connectivity index (χ0n) is 20.2. The molecule has 0 spiro atoms. The molecule has 0 aromatic heterocycles. The molecule has 2 amide bonds. The van der Waals surface area contributed by atoms with Crippen molar-refractivity contribution in [2.24, 2.45) is 9.98 Å². The Balaban J connectivity index is 1.26. The Morgan fingerprint density at radius 3 is 2.62 bits per heavy atom. The van der Waals surface area contributed by atoms with E-state index in [0.29, 0.717) is 34.6 Å². The van der Waals surface area contributed by atoms with E-state index in [1.165, 1.54) is 22.7 Å². The molecule has 0 fully saturated rings. The van der Waals surface area contributed by atoms with Gasteiger partial charge in [-0.25, -0.2) is 14.3 Å². The summed E-state index contributed by atoms with van der Waals surface area (Å²) in [6.07, 6.45) is 0.439. The molecule has 1 N–H and O–H groups in total. The van der Waals surface area contributed by atoms with Crippen molar-refractivity contribution in [3.8, 4) is 5.75 Å². The van der Waals surface area contributed by atoms with Crippen LogP contribution in [-0.2, 0) is 21.9 Å². The lowest BCUT2D eigenvalue weighted by molar-refractivity contribution is -0.125. The molecular weight excluding hydrogens is 491 g/mol. The highest BCUT2D eigenvalue weighted by molar-refractivity contribution is 8.13. The van der Waals surface area contributed by atoms with E-state index in [9.17, 15) is 14.0 Å². The van der Waals surface area contributed by atoms with Gasteiger partial charge in [0.1, 0.15) is 23.4 Å². The first-order chi connectivity index (χ1) is 18.0. The van der Waals surface area contributed by atoms with Crippen molar-refractivity contribution in [2.75, 3.05) is 7.11 Å². The topological polar surface area (TPSA) is 83.4 Å². The fourth-order valence-corrected chi connectivity index (χ4v) is 5.13. The summed E-state index contributed by atoms with van der Waals surface area (Å²) in [6, 6.07) is 20.8.